The van der Waals surface area contributed by atoms with Gasteiger partial charge in [0.1, 0.15) is 6.10 Å². The highest BCUT2D eigenvalue weighted by atomic mass is 16.6. The molecule has 0 spiro atoms. The Hall–Kier alpha value is -2.63. The molecule has 108 valence electrons. The highest BCUT2D eigenvalue weighted by molar-refractivity contribution is 6.03. The van der Waals surface area contributed by atoms with Crippen molar-refractivity contribution in [1.82, 2.24) is 4.98 Å². The zero-order valence-corrected chi connectivity index (χ0v) is 11.3. The minimum atomic E-state index is -0.912. The number of carbonyl (C=O) groups excluding carboxylic acids is 2. The van der Waals surface area contributed by atoms with E-state index in [1.165, 1.54) is 6.07 Å². The molecule has 2 heterocycles. The number of para-hydroxylation sites is 1. The Balaban J connectivity index is 1.95. The number of pyridine rings is 1. The molecule has 6 nitrogen and oxygen atoms in total. The summed E-state index contributed by atoms with van der Waals surface area (Å²) in [6.45, 7) is 1.73. The molecule has 0 unspecified atom stereocenters. The highest BCUT2D eigenvalue weighted by Gasteiger charge is 2.35. The van der Waals surface area contributed by atoms with Gasteiger partial charge in [-0.1, -0.05) is 18.2 Å². The lowest BCUT2D eigenvalue weighted by Crippen LogP contribution is -2.23. The van der Waals surface area contributed by atoms with Crippen LogP contribution >= 0.6 is 0 Å². The first kappa shape index (κ1) is 13.4. The normalized spacial score (nSPS) is 21.3. The fourth-order valence-electron chi connectivity index (χ4n) is 2.38. The maximum absolute atomic E-state index is 12.2. The number of aromatic nitrogens is 1. The van der Waals surface area contributed by atoms with Gasteiger partial charge in [0.05, 0.1) is 5.56 Å². The van der Waals surface area contributed by atoms with E-state index in [1.807, 2.05) is 0 Å². The fraction of sp³-hybridized carbons (Fsp3) is 0.267. The summed E-state index contributed by atoms with van der Waals surface area (Å²) in [4.78, 5) is 38.0. The first-order valence-electron chi connectivity index (χ1n) is 6.58. The molecular formula is C15H13NO5. The molecule has 1 aromatic heterocycles. The lowest BCUT2D eigenvalue weighted by atomic mass is 10.1. The summed E-state index contributed by atoms with van der Waals surface area (Å²) >= 11 is 0. The van der Waals surface area contributed by atoms with Crippen LogP contribution in [0.25, 0.3) is 10.9 Å². The summed E-state index contributed by atoms with van der Waals surface area (Å²) < 4.78 is 10.1. The maximum atomic E-state index is 12.2. The number of benzene rings is 1. The van der Waals surface area contributed by atoms with Gasteiger partial charge in [0.15, 0.2) is 0 Å². The Labute approximate surface area is 119 Å². The molecule has 0 bridgehead atoms. The predicted molar refractivity (Wildman–Crippen MR) is 73.9 cm³/mol. The third-order valence-electron chi connectivity index (χ3n) is 3.35. The fourth-order valence-corrected chi connectivity index (χ4v) is 2.38. The van der Waals surface area contributed by atoms with Gasteiger partial charge in [0, 0.05) is 23.4 Å². The first-order chi connectivity index (χ1) is 10.0. The van der Waals surface area contributed by atoms with Gasteiger partial charge in [-0.05, 0) is 13.0 Å². The molecule has 1 aromatic carbocycles. The average molecular weight is 287 g/mol. The molecule has 2 aromatic rings. The van der Waals surface area contributed by atoms with Crippen LogP contribution in [0, 0.1) is 0 Å². The van der Waals surface area contributed by atoms with Gasteiger partial charge in [-0.3, -0.25) is 4.79 Å². The van der Waals surface area contributed by atoms with Gasteiger partial charge < -0.3 is 14.5 Å². The van der Waals surface area contributed by atoms with E-state index in [4.69, 9.17) is 9.47 Å². The highest BCUT2D eigenvalue weighted by Crippen LogP contribution is 2.21. The van der Waals surface area contributed by atoms with Crippen LogP contribution in [-0.2, 0) is 14.3 Å². The number of carbonyl (C=O) groups is 2. The van der Waals surface area contributed by atoms with Crippen molar-refractivity contribution >= 4 is 22.8 Å². The molecule has 3 rings (SSSR count). The van der Waals surface area contributed by atoms with Crippen molar-refractivity contribution in [1.29, 1.82) is 0 Å². The van der Waals surface area contributed by atoms with Crippen molar-refractivity contribution in [2.45, 2.75) is 25.6 Å². The summed E-state index contributed by atoms with van der Waals surface area (Å²) in [6, 6.07) is 8.08. The van der Waals surface area contributed by atoms with E-state index in [1.54, 1.807) is 31.2 Å². The van der Waals surface area contributed by atoms with Crippen LogP contribution in [0.3, 0.4) is 0 Å². The van der Waals surface area contributed by atoms with Crippen LogP contribution in [0.15, 0.2) is 35.1 Å². The standard InChI is InChI=1S/C15H13NO5/c1-8-6-12(15(19)20-8)21-14(18)10-7-13(17)16-11-5-3-2-4-9(10)11/h2-5,7-8,12H,6H2,1H3,(H,16,17)/t8-,12-/m1/s1. The van der Waals surface area contributed by atoms with Crippen molar-refractivity contribution in [3.05, 3.63) is 46.2 Å². The number of esters is 2. The van der Waals surface area contributed by atoms with Gasteiger partial charge in [-0.2, -0.15) is 0 Å². The second kappa shape index (κ2) is 5.05. The zero-order chi connectivity index (χ0) is 15.0. The Morgan fingerprint density at radius 3 is 2.81 bits per heavy atom. The molecule has 0 aliphatic carbocycles. The smallest absolute Gasteiger partial charge is 0.347 e. The van der Waals surface area contributed by atoms with E-state index in [0.29, 0.717) is 17.3 Å². The summed E-state index contributed by atoms with van der Waals surface area (Å²) in [5.74, 6) is -1.25. The van der Waals surface area contributed by atoms with Gasteiger partial charge in [0.25, 0.3) is 0 Å². The van der Waals surface area contributed by atoms with E-state index < -0.39 is 23.6 Å². The molecular weight excluding hydrogens is 274 g/mol. The van der Waals surface area contributed by atoms with E-state index in [9.17, 15) is 14.4 Å². The molecule has 0 amide bonds. The van der Waals surface area contributed by atoms with Crippen molar-refractivity contribution in [2.75, 3.05) is 0 Å². The lowest BCUT2D eigenvalue weighted by Gasteiger charge is -2.10. The predicted octanol–water partition coefficient (Wildman–Crippen LogP) is 1.39. The van der Waals surface area contributed by atoms with Crippen molar-refractivity contribution < 1.29 is 19.1 Å². The van der Waals surface area contributed by atoms with E-state index >= 15 is 0 Å². The van der Waals surface area contributed by atoms with Crippen LogP contribution in [0.2, 0.25) is 0 Å². The first-order valence-corrected chi connectivity index (χ1v) is 6.58. The van der Waals surface area contributed by atoms with Crippen molar-refractivity contribution in [3.8, 4) is 0 Å². The number of nitrogens with one attached hydrogen (secondary N) is 1. The van der Waals surface area contributed by atoms with Crippen LogP contribution in [-0.4, -0.2) is 29.1 Å². The number of H-pyrrole nitrogens is 1. The molecule has 1 saturated heterocycles. The van der Waals surface area contributed by atoms with E-state index in [-0.39, 0.29) is 11.7 Å². The van der Waals surface area contributed by atoms with Crippen molar-refractivity contribution in [3.63, 3.8) is 0 Å². The Kier molecular flexibility index (Phi) is 3.21. The number of hydrogen-bond acceptors (Lipinski definition) is 5. The van der Waals surface area contributed by atoms with Gasteiger partial charge in [-0.15, -0.1) is 0 Å². The van der Waals surface area contributed by atoms with Crippen LogP contribution < -0.4 is 5.56 Å². The topological polar surface area (TPSA) is 85.5 Å². The molecule has 1 fully saturated rings. The largest absolute Gasteiger partial charge is 0.460 e. The molecule has 1 N–H and O–H groups in total. The summed E-state index contributed by atoms with van der Waals surface area (Å²) in [6.07, 6.45) is -0.858. The number of fused-ring (bicyclic) bond motifs is 1. The average Bonchev–Trinajstić information content (AvgIpc) is 2.75. The molecule has 21 heavy (non-hydrogen) atoms. The van der Waals surface area contributed by atoms with Crippen LogP contribution in [0.4, 0.5) is 0 Å². The van der Waals surface area contributed by atoms with Gasteiger partial charge >= 0.3 is 11.9 Å². The van der Waals surface area contributed by atoms with E-state index in [2.05, 4.69) is 4.98 Å². The molecule has 0 saturated carbocycles. The van der Waals surface area contributed by atoms with Gasteiger partial charge in [0.2, 0.25) is 11.7 Å². The Morgan fingerprint density at radius 2 is 2.10 bits per heavy atom. The number of hydrogen-bond donors (Lipinski definition) is 1. The monoisotopic (exact) mass is 287 g/mol. The molecule has 2 atom stereocenters. The summed E-state index contributed by atoms with van der Waals surface area (Å²) in [5, 5.41) is 0.571. The number of rotatable bonds is 2. The SMILES string of the molecule is C[C@@H]1C[C@@H](OC(=O)c2cc(=O)[nH]c3ccccc23)C(=O)O1. The molecule has 0 radical (unpaired) electrons. The third-order valence-corrected chi connectivity index (χ3v) is 3.35. The minimum absolute atomic E-state index is 0.140. The van der Waals surface area contributed by atoms with Gasteiger partial charge in [-0.25, -0.2) is 9.59 Å². The maximum Gasteiger partial charge on any atom is 0.347 e. The second-order valence-corrected chi connectivity index (χ2v) is 4.97. The summed E-state index contributed by atoms with van der Waals surface area (Å²) in [5.41, 5.74) is 0.282. The quantitative estimate of drug-likeness (QED) is 0.844. The van der Waals surface area contributed by atoms with Crippen LogP contribution in [0.1, 0.15) is 23.7 Å². The number of aromatic amines is 1. The van der Waals surface area contributed by atoms with Crippen LogP contribution in [0.5, 0.6) is 0 Å². The Bertz CT molecular complexity index is 779. The second-order valence-electron chi connectivity index (χ2n) is 4.97. The number of ether oxygens (including phenoxy) is 2. The third kappa shape index (κ3) is 2.52. The van der Waals surface area contributed by atoms with Crippen molar-refractivity contribution in [2.24, 2.45) is 0 Å². The molecule has 1 aliphatic heterocycles. The van der Waals surface area contributed by atoms with E-state index in [0.717, 1.165) is 0 Å². The Morgan fingerprint density at radius 1 is 1.33 bits per heavy atom. The summed E-state index contributed by atoms with van der Waals surface area (Å²) in [7, 11) is 0. The lowest BCUT2D eigenvalue weighted by molar-refractivity contribution is -0.147. The number of cyclic esters (lactones) is 1. The molecule has 1 aliphatic rings. The zero-order valence-electron chi connectivity index (χ0n) is 11.3. The minimum Gasteiger partial charge on any atom is -0.460 e. The molecule has 6 heteroatoms.